The number of H-pyrrole nitrogens is 1. The highest BCUT2D eigenvalue weighted by Gasteiger charge is 2.38. The molecule has 0 aliphatic rings. The molecule has 0 atom stereocenters. The molecule has 0 radical (unpaired) electrons. The van der Waals surface area contributed by atoms with E-state index in [9.17, 15) is 39.6 Å². The van der Waals surface area contributed by atoms with Gasteiger partial charge in [-0.2, -0.15) is 26.3 Å². The lowest BCUT2D eigenvalue weighted by atomic mass is 10.2. The third kappa shape index (κ3) is 4.97. The zero-order valence-electron chi connectivity index (χ0n) is 17.1. The van der Waals surface area contributed by atoms with Crippen LogP contribution in [0.4, 0.5) is 26.3 Å². The van der Waals surface area contributed by atoms with Gasteiger partial charge in [0, 0.05) is 6.54 Å². The number of imidazole rings is 1. The van der Waals surface area contributed by atoms with E-state index < -0.39 is 55.4 Å². The number of alkyl halides is 6. The van der Waals surface area contributed by atoms with Gasteiger partial charge in [0.05, 0.1) is 31.8 Å². The summed E-state index contributed by atoms with van der Waals surface area (Å²) in [5.41, 5.74) is -2.06. The summed E-state index contributed by atoms with van der Waals surface area (Å²) in [6.45, 7) is 1.93. The fourth-order valence-corrected chi connectivity index (χ4v) is 4.36. The normalized spacial score (nSPS) is 13.3. The molecule has 2 aromatic carbocycles. The number of nitrogens with zero attached hydrogens (tertiary/aromatic N) is 1. The molecule has 0 aliphatic carbocycles. The maximum absolute atomic E-state index is 12.9. The molecule has 0 aliphatic heterocycles. The summed E-state index contributed by atoms with van der Waals surface area (Å²) in [7, 11) is -4.32. The maximum atomic E-state index is 12.9. The molecule has 1 aromatic heterocycles. The molecular formula is C20H17F6N3O3S. The lowest BCUT2D eigenvalue weighted by Gasteiger charge is -2.25. The van der Waals surface area contributed by atoms with E-state index in [0.717, 1.165) is 36.4 Å². The van der Waals surface area contributed by atoms with Crippen LogP contribution in [-0.4, -0.2) is 35.6 Å². The van der Waals surface area contributed by atoms with Crippen LogP contribution < -0.4 is 5.32 Å². The second kappa shape index (κ2) is 8.04. The molecule has 0 saturated heterocycles. The van der Waals surface area contributed by atoms with Crippen molar-refractivity contribution in [2.75, 3.05) is 6.54 Å². The molecule has 0 unspecified atom stereocenters. The van der Waals surface area contributed by atoms with E-state index in [4.69, 9.17) is 0 Å². The maximum Gasteiger partial charge on any atom is 0.416 e. The van der Waals surface area contributed by atoms with Gasteiger partial charge < -0.3 is 10.3 Å². The third-order valence-electron chi connectivity index (χ3n) is 4.90. The first-order valence-corrected chi connectivity index (χ1v) is 10.8. The van der Waals surface area contributed by atoms with Crippen molar-refractivity contribution in [1.82, 2.24) is 15.3 Å². The smallest absolute Gasteiger partial charge is 0.348 e. The summed E-state index contributed by atoms with van der Waals surface area (Å²) < 4.78 is 101. The number of hydrogen-bond donors (Lipinski definition) is 2. The predicted octanol–water partition coefficient (Wildman–Crippen LogP) is 4.58. The Labute approximate surface area is 183 Å². The number of carbonyl (C=O) groups is 1. The highest BCUT2D eigenvalue weighted by atomic mass is 32.2. The molecule has 1 amide bonds. The van der Waals surface area contributed by atoms with E-state index in [2.05, 4.69) is 15.3 Å². The summed E-state index contributed by atoms with van der Waals surface area (Å²) in [6, 6.07) is 5.90. The third-order valence-corrected chi connectivity index (χ3v) is 7.37. The Bertz CT molecular complexity index is 1310. The van der Waals surface area contributed by atoms with Crippen LogP contribution in [0.2, 0.25) is 0 Å². The van der Waals surface area contributed by atoms with Gasteiger partial charge in [0.2, 0.25) is 0 Å². The van der Waals surface area contributed by atoms with Crippen molar-refractivity contribution in [3.63, 3.8) is 0 Å². The van der Waals surface area contributed by atoms with Crippen LogP contribution in [0, 0.1) is 0 Å². The Balaban J connectivity index is 1.80. The van der Waals surface area contributed by atoms with Gasteiger partial charge in [0.1, 0.15) is 0 Å². The minimum atomic E-state index is -4.74. The number of nitrogens with one attached hydrogen (secondary N) is 2. The fourth-order valence-electron chi connectivity index (χ4n) is 2.92. The lowest BCUT2D eigenvalue weighted by molar-refractivity contribution is -0.138. The van der Waals surface area contributed by atoms with Crippen LogP contribution in [0.3, 0.4) is 0 Å². The number of halogens is 6. The quantitative estimate of drug-likeness (QED) is 0.509. The minimum absolute atomic E-state index is 0.120. The Hall–Kier alpha value is -3.09. The molecule has 0 saturated carbocycles. The average molecular weight is 493 g/mol. The van der Waals surface area contributed by atoms with E-state index in [1.807, 2.05) is 0 Å². The van der Waals surface area contributed by atoms with Gasteiger partial charge in [0.15, 0.2) is 15.7 Å². The zero-order valence-corrected chi connectivity index (χ0v) is 17.9. The molecule has 0 fully saturated rings. The number of sulfone groups is 1. The molecule has 3 aromatic rings. The topological polar surface area (TPSA) is 91.9 Å². The van der Waals surface area contributed by atoms with Crippen LogP contribution in [0.15, 0.2) is 47.4 Å². The monoisotopic (exact) mass is 493 g/mol. The SMILES string of the molecule is CC(C)(CNC(=O)c1nc2cc(C(F)(F)F)ccc2[nH]1)S(=O)(=O)c1cccc(C(F)(F)F)c1. The zero-order chi connectivity index (χ0) is 24.8. The van der Waals surface area contributed by atoms with Crippen molar-refractivity contribution in [1.29, 1.82) is 0 Å². The van der Waals surface area contributed by atoms with Crippen LogP contribution in [0.1, 0.15) is 35.6 Å². The van der Waals surface area contributed by atoms with Crippen molar-refractivity contribution in [2.45, 2.75) is 35.8 Å². The van der Waals surface area contributed by atoms with E-state index >= 15 is 0 Å². The molecule has 1 heterocycles. The molecule has 178 valence electrons. The number of aromatic amines is 1. The van der Waals surface area contributed by atoms with Crippen LogP contribution in [0.5, 0.6) is 0 Å². The minimum Gasteiger partial charge on any atom is -0.348 e. The van der Waals surface area contributed by atoms with Crippen LogP contribution >= 0.6 is 0 Å². The Morgan fingerprint density at radius 2 is 1.58 bits per heavy atom. The van der Waals surface area contributed by atoms with Crippen molar-refractivity contribution < 1.29 is 39.6 Å². The Morgan fingerprint density at radius 1 is 0.970 bits per heavy atom. The van der Waals surface area contributed by atoms with Gasteiger partial charge in [-0.3, -0.25) is 4.79 Å². The average Bonchev–Trinajstić information content (AvgIpc) is 3.14. The first-order chi connectivity index (χ1) is 15.0. The van der Waals surface area contributed by atoms with E-state index in [1.165, 1.54) is 13.8 Å². The van der Waals surface area contributed by atoms with Crippen molar-refractivity contribution in [3.8, 4) is 0 Å². The van der Waals surface area contributed by atoms with Crippen LogP contribution in [-0.2, 0) is 22.2 Å². The Morgan fingerprint density at radius 3 is 2.18 bits per heavy atom. The molecule has 13 heteroatoms. The second-order valence-electron chi connectivity index (χ2n) is 7.79. The molecular weight excluding hydrogens is 476 g/mol. The number of rotatable bonds is 5. The summed E-state index contributed by atoms with van der Waals surface area (Å²) in [6.07, 6.45) is -9.34. The fraction of sp³-hybridized carbons (Fsp3) is 0.300. The molecule has 6 nitrogen and oxygen atoms in total. The highest BCUT2D eigenvalue weighted by molar-refractivity contribution is 7.92. The molecule has 0 spiro atoms. The molecule has 33 heavy (non-hydrogen) atoms. The lowest BCUT2D eigenvalue weighted by Crippen LogP contribution is -2.44. The summed E-state index contributed by atoms with van der Waals surface area (Å²) >= 11 is 0. The number of hydrogen-bond acceptors (Lipinski definition) is 4. The summed E-state index contributed by atoms with van der Waals surface area (Å²) in [4.78, 5) is 18.2. The standard InChI is InChI=1S/C20H17F6N3O3S/c1-18(2,33(31,32)13-5-3-4-11(8-13)19(21,22)23)10-27-17(30)16-28-14-7-6-12(20(24,25)26)9-15(14)29-16/h3-9H,10H2,1-2H3,(H,27,30)(H,28,29). The van der Waals surface area contributed by atoms with E-state index in [1.54, 1.807) is 0 Å². The summed E-state index contributed by atoms with van der Waals surface area (Å²) in [5, 5.41) is 2.31. The molecule has 2 N–H and O–H groups in total. The number of aromatic nitrogens is 2. The highest BCUT2D eigenvalue weighted by Crippen LogP contribution is 2.33. The largest absolute Gasteiger partial charge is 0.416 e. The molecule has 3 rings (SSSR count). The van der Waals surface area contributed by atoms with Gasteiger partial charge in [-0.25, -0.2) is 13.4 Å². The van der Waals surface area contributed by atoms with Crippen molar-refractivity contribution in [2.24, 2.45) is 0 Å². The van der Waals surface area contributed by atoms with Crippen molar-refractivity contribution in [3.05, 3.63) is 59.4 Å². The van der Waals surface area contributed by atoms with E-state index in [0.29, 0.717) is 6.07 Å². The van der Waals surface area contributed by atoms with Gasteiger partial charge in [-0.05, 0) is 50.2 Å². The van der Waals surface area contributed by atoms with Gasteiger partial charge in [-0.1, -0.05) is 6.07 Å². The Kier molecular flexibility index (Phi) is 5.98. The number of fused-ring (bicyclic) bond motifs is 1. The summed E-state index contributed by atoms with van der Waals surface area (Å²) in [5.74, 6) is -1.25. The van der Waals surface area contributed by atoms with Gasteiger partial charge in [-0.15, -0.1) is 0 Å². The second-order valence-corrected chi connectivity index (χ2v) is 10.4. The van der Waals surface area contributed by atoms with Gasteiger partial charge >= 0.3 is 12.4 Å². The van der Waals surface area contributed by atoms with Gasteiger partial charge in [0.25, 0.3) is 5.91 Å². The first kappa shape index (κ1) is 24.6. The number of amides is 1. The van der Waals surface area contributed by atoms with Crippen molar-refractivity contribution >= 4 is 26.8 Å². The first-order valence-electron chi connectivity index (χ1n) is 9.29. The molecule has 0 bridgehead atoms. The van der Waals surface area contributed by atoms with E-state index in [-0.39, 0.29) is 16.9 Å². The number of carbonyl (C=O) groups excluding carboxylic acids is 1. The predicted molar refractivity (Wildman–Crippen MR) is 106 cm³/mol. The number of benzene rings is 2. The van der Waals surface area contributed by atoms with Crippen LogP contribution in [0.25, 0.3) is 11.0 Å².